The van der Waals surface area contributed by atoms with E-state index in [0.717, 1.165) is 34.0 Å². The van der Waals surface area contributed by atoms with E-state index in [9.17, 15) is 0 Å². The molecule has 120 valence electrons. The second-order valence-electron chi connectivity index (χ2n) is 5.72. The summed E-state index contributed by atoms with van der Waals surface area (Å²) in [5, 5.41) is 0. The molecule has 25 heavy (non-hydrogen) atoms. The van der Waals surface area contributed by atoms with E-state index >= 15 is 0 Å². The summed E-state index contributed by atoms with van der Waals surface area (Å²) < 4.78 is 2.06. The van der Waals surface area contributed by atoms with Crippen LogP contribution in [0.1, 0.15) is 0 Å². The average molecular weight is 325 g/mol. The normalized spacial score (nSPS) is 10.6. The lowest BCUT2D eigenvalue weighted by molar-refractivity contribution is -0.660. The molecule has 0 aromatic carbocycles. The Bertz CT molecular complexity index is 1010. The van der Waals surface area contributed by atoms with Crippen LogP contribution in [0, 0.1) is 0 Å². The van der Waals surface area contributed by atoms with Crippen molar-refractivity contribution in [2.24, 2.45) is 7.05 Å². The Hall–Kier alpha value is -3.40. The van der Waals surface area contributed by atoms with Crippen LogP contribution in [0.15, 0.2) is 85.3 Å². The van der Waals surface area contributed by atoms with E-state index in [4.69, 9.17) is 4.98 Å². The molecule has 4 aromatic rings. The molecule has 0 N–H and O–H groups in total. The molecule has 0 fully saturated rings. The SMILES string of the molecule is C[n+]1ccccc1-c1ncccc1-c1cccc(-c2ccccn2)n1. The predicted octanol–water partition coefficient (Wildman–Crippen LogP) is 3.70. The van der Waals surface area contributed by atoms with E-state index in [0.29, 0.717) is 0 Å². The predicted molar refractivity (Wildman–Crippen MR) is 97.3 cm³/mol. The summed E-state index contributed by atoms with van der Waals surface area (Å²) >= 11 is 0. The number of aromatic nitrogens is 4. The first-order chi connectivity index (χ1) is 12.3. The number of rotatable bonds is 3. The molecule has 4 rings (SSSR count). The zero-order valence-electron chi connectivity index (χ0n) is 13.9. The van der Waals surface area contributed by atoms with E-state index in [1.54, 1.807) is 6.20 Å². The standard InChI is InChI=1S/C21H17N4/c1-25-15-5-3-12-20(25)21-16(8-7-14-23-21)17-10-6-11-19(24-17)18-9-2-4-13-22-18/h2-15H,1H3/q+1. The van der Waals surface area contributed by atoms with Gasteiger partial charge in [-0.2, -0.15) is 4.57 Å². The van der Waals surface area contributed by atoms with Crippen LogP contribution in [0.4, 0.5) is 0 Å². The van der Waals surface area contributed by atoms with Gasteiger partial charge in [0.1, 0.15) is 12.7 Å². The van der Waals surface area contributed by atoms with Gasteiger partial charge in [-0.15, -0.1) is 0 Å². The molecule has 0 aliphatic rings. The van der Waals surface area contributed by atoms with Crippen LogP contribution in [0.3, 0.4) is 0 Å². The lowest BCUT2D eigenvalue weighted by atomic mass is 10.1. The smallest absolute Gasteiger partial charge is 0.231 e. The molecule has 0 aliphatic heterocycles. The Kier molecular flexibility index (Phi) is 4.01. The molecule has 4 heterocycles. The van der Waals surface area contributed by atoms with Crippen molar-refractivity contribution in [1.82, 2.24) is 15.0 Å². The molecule has 0 amide bonds. The first-order valence-corrected chi connectivity index (χ1v) is 8.12. The van der Waals surface area contributed by atoms with Gasteiger partial charge in [0.15, 0.2) is 6.20 Å². The molecule has 0 unspecified atom stereocenters. The van der Waals surface area contributed by atoms with Gasteiger partial charge in [0.2, 0.25) is 5.69 Å². The zero-order valence-corrected chi connectivity index (χ0v) is 13.9. The van der Waals surface area contributed by atoms with Crippen LogP contribution in [0.25, 0.3) is 34.0 Å². The quantitative estimate of drug-likeness (QED) is 0.539. The molecule has 0 spiro atoms. The minimum atomic E-state index is 0.852. The fraction of sp³-hybridized carbons (Fsp3) is 0.0476. The molecule has 4 aromatic heterocycles. The van der Waals surface area contributed by atoms with E-state index < -0.39 is 0 Å². The molecule has 0 aliphatic carbocycles. The van der Waals surface area contributed by atoms with Crippen molar-refractivity contribution in [3.05, 3.63) is 85.3 Å². The van der Waals surface area contributed by atoms with Crippen molar-refractivity contribution in [3.63, 3.8) is 0 Å². The van der Waals surface area contributed by atoms with Crippen molar-refractivity contribution in [3.8, 4) is 34.0 Å². The number of pyridine rings is 4. The lowest BCUT2D eigenvalue weighted by Gasteiger charge is -2.08. The summed E-state index contributed by atoms with van der Waals surface area (Å²) in [6, 6.07) is 21.9. The van der Waals surface area contributed by atoms with Gasteiger partial charge in [-0.1, -0.05) is 12.1 Å². The monoisotopic (exact) mass is 325 g/mol. The summed E-state index contributed by atoms with van der Waals surface area (Å²) in [6.45, 7) is 0. The number of hydrogen-bond donors (Lipinski definition) is 0. The molecule has 0 atom stereocenters. The van der Waals surface area contributed by atoms with Crippen LogP contribution >= 0.6 is 0 Å². The van der Waals surface area contributed by atoms with Crippen LogP contribution in [-0.2, 0) is 7.05 Å². The second kappa shape index (κ2) is 6.61. The number of hydrogen-bond acceptors (Lipinski definition) is 3. The maximum Gasteiger partial charge on any atom is 0.231 e. The zero-order chi connectivity index (χ0) is 17.1. The van der Waals surface area contributed by atoms with Gasteiger partial charge in [-0.3, -0.25) is 4.98 Å². The third-order valence-electron chi connectivity index (χ3n) is 4.06. The Morgan fingerprint density at radius 2 is 1.48 bits per heavy atom. The molecular weight excluding hydrogens is 308 g/mol. The maximum atomic E-state index is 4.82. The lowest BCUT2D eigenvalue weighted by Crippen LogP contribution is -2.30. The first kappa shape index (κ1) is 15.1. The van der Waals surface area contributed by atoms with Crippen LogP contribution in [0.5, 0.6) is 0 Å². The van der Waals surface area contributed by atoms with Crippen LogP contribution in [0.2, 0.25) is 0 Å². The largest absolute Gasteiger partial charge is 0.255 e. The highest BCUT2D eigenvalue weighted by Gasteiger charge is 2.17. The van der Waals surface area contributed by atoms with Crippen molar-refractivity contribution in [2.45, 2.75) is 0 Å². The van der Waals surface area contributed by atoms with Crippen molar-refractivity contribution < 1.29 is 4.57 Å². The van der Waals surface area contributed by atoms with Crippen molar-refractivity contribution in [2.75, 3.05) is 0 Å². The minimum Gasteiger partial charge on any atom is -0.255 e. The molecule has 4 nitrogen and oxygen atoms in total. The Morgan fingerprint density at radius 1 is 0.680 bits per heavy atom. The van der Waals surface area contributed by atoms with E-state index in [2.05, 4.69) is 26.7 Å². The van der Waals surface area contributed by atoms with Gasteiger partial charge >= 0.3 is 0 Å². The highest BCUT2D eigenvalue weighted by molar-refractivity contribution is 5.76. The second-order valence-corrected chi connectivity index (χ2v) is 5.72. The fourth-order valence-electron chi connectivity index (χ4n) is 2.83. The summed E-state index contributed by atoms with van der Waals surface area (Å²) in [6.07, 6.45) is 5.61. The van der Waals surface area contributed by atoms with Gasteiger partial charge in [0, 0.05) is 30.1 Å². The van der Waals surface area contributed by atoms with Gasteiger partial charge in [-0.05, 0) is 42.5 Å². The summed E-state index contributed by atoms with van der Waals surface area (Å²) in [7, 11) is 2.02. The Morgan fingerprint density at radius 3 is 2.32 bits per heavy atom. The average Bonchev–Trinajstić information content (AvgIpc) is 2.69. The molecule has 0 saturated carbocycles. The number of aryl methyl sites for hydroxylation is 1. The van der Waals surface area contributed by atoms with Crippen LogP contribution in [-0.4, -0.2) is 15.0 Å². The van der Waals surface area contributed by atoms with Gasteiger partial charge < -0.3 is 0 Å². The summed E-state index contributed by atoms with van der Waals surface area (Å²) in [5.41, 5.74) is 5.56. The summed E-state index contributed by atoms with van der Waals surface area (Å²) in [5.74, 6) is 0. The highest BCUT2D eigenvalue weighted by atomic mass is 14.9. The summed E-state index contributed by atoms with van der Waals surface area (Å²) in [4.78, 5) is 13.8. The third-order valence-corrected chi connectivity index (χ3v) is 4.06. The van der Waals surface area contributed by atoms with Crippen molar-refractivity contribution in [1.29, 1.82) is 0 Å². The van der Waals surface area contributed by atoms with E-state index in [1.807, 2.05) is 74.0 Å². The molecule has 4 heteroatoms. The van der Waals surface area contributed by atoms with Gasteiger partial charge in [-0.25, -0.2) is 9.97 Å². The Balaban J connectivity index is 1.86. The van der Waals surface area contributed by atoms with Gasteiger partial charge in [0.25, 0.3) is 0 Å². The number of nitrogens with zero attached hydrogens (tertiary/aromatic N) is 4. The highest BCUT2D eigenvalue weighted by Crippen LogP contribution is 2.28. The minimum absolute atomic E-state index is 0.852. The third kappa shape index (κ3) is 3.02. The van der Waals surface area contributed by atoms with Gasteiger partial charge in [0.05, 0.1) is 17.1 Å². The van der Waals surface area contributed by atoms with E-state index in [1.165, 1.54) is 0 Å². The van der Waals surface area contributed by atoms with E-state index in [-0.39, 0.29) is 0 Å². The maximum absolute atomic E-state index is 4.82. The molecule has 0 saturated heterocycles. The molecular formula is C21H17N4+. The first-order valence-electron chi connectivity index (χ1n) is 8.12. The fourth-order valence-corrected chi connectivity index (χ4v) is 2.83. The van der Waals surface area contributed by atoms with Crippen molar-refractivity contribution >= 4 is 0 Å². The van der Waals surface area contributed by atoms with Crippen LogP contribution < -0.4 is 4.57 Å². The molecule has 0 radical (unpaired) electrons. The topological polar surface area (TPSA) is 42.5 Å². The molecule has 0 bridgehead atoms. The Labute approximate surface area is 146 Å².